The van der Waals surface area contributed by atoms with Gasteiger partial charge in [0, 0.05) is 31.6 Å². The van der Waals surface area contributed by atoms with Gasteiger partial charge in [0.05, 0.1) is 27.2 Å². The van der Waals surface area contributed by atoms with Crippen molar-refractivity contribution in [1.82, 2.24) is 14.5 Å². The Morgan fingerprint density at radius 1 is 1.21 bits per heavy atom. The quantitative estimate of drug-likeness (QED) is 0.394. The largest absolute Gasteiger partial charge is 0.416 e. The normalized spacial score (nSPS) is 14.7. The van der Waals surface area contributed by atoms with Gasteiger partial charge in [-0.1, -0.05) is 36.5 Å². The Morgan fingerprint density at radius 3 is 2.55 bits per heavy atom. The number of alkyl halides is 3. The van der Waals surface area contributed by atoms with Crippen molar-refractivity contribution < 1.29 is 18.0 Å². The summed E-state index contributed by atoms with van der Waals surface area (Å²) in [5, 5.41) is 0.634. The van der Waals surface area contributed by atoms with Crippen LogP contribution in [0.3, 0.4) is 0 Å². The van der Waals surface area contributed by atoms with Gasteiger partial charge < -0.3 is 9.47 Å². The number of nitrogens with zero attached hydrogens (tertiary/aromatic N) is 3. The Balaban J connectivity index is 1.67. The third-order valence-electron chi connectivity index (χ3n) is 6.29. The third kappa shape index (κ3) is 4.45. The molecule has 0 radical (unpaired) electrons. The van der Waals surface area contributed by atoms with Crippen molar-refractivity contribution >= 4 is 40.1 Å². The lowest BCUT2D eigenvalue weighted by Crippen LogP contribution is -2.49. The van der Waals surface area contributed by atoms with Crippen LogP contribution in [0.25, 0.3) is 11.0 Å². The first-order valence-electron chi connectivity index (χ1n) is 10.8. The van der Waals surface area contributed by atoms with Crippen LogP contribution >= 0.6 is 23.2 Å². The molecule has 1 aromatic heterocycles. The molecule has 176 valence electrons. The second-order valence-electron chi connectivity index (χ2n) is 8.67. The lowest BCUT2D eigenvalue weighted by molar-refractivity contribution is -0.137. The predicted molar refractivity (Wildman–Crippen MR) is 124 cm³/mol. The molecule has 0 aliphatic carbocycles. The lowest BCUT2D eigenvalue weighted by Gasteiger charge is -2.39. The minimum atomic E-state index is -4.45. The second kappa shape index (κ2) is 8.84. The van der Waals surface area contributed by atoms with E-state index in [-0.39, 0.29) is 17.4 Å². The van der Waals surface area contributed by atoms with Crippen LogP contribution in [0.1, 0.15) is 52.6 Å². The van der Waals surface area contributed by atoms with E-state index in [2.05, 4.69) is 11.9 Å². The number of benzene rings is 2. The van der Waals surface area contributed by atoms with Crippen LogP contribution in [0.4, 0.5) is 13.2 Å². The maximum atomic E-state index is 13.3. The fourth-order valence-corrected chi connectivity index (χ4v) is 4.99. The number of fused-ring (bicyclic) bond motifs is 1. The molecule has 2 heterocycles. The lowest BCUT2D eigenvalue weighted by atomic mass is 9.94. The summed E-state index contributed by atoms with van der Waals surface area (Å²) in [6, 6.07) is 5.45. The number of carbonyl (C=O) groups is 1. The molecule has 0 N–H and O–H groups in total. The van der Waals surface area contributed by atoms with E-state index in [1.807, 2.05) is 0 Å². The Labute approximate surface area is 200 Å². The average molecular weight is 498 g/mol. The molecule has 1 amide bonds. The topological polar surface area (TPSA) is 38.1 Å². The van der Waals surface area contributed by atoms with Crippen molar-refractivity contribution in [3.63, 3.8) is 0 Å². The van der Waals surface area contributed by atoms with E-state index in [1.165, 1.54) is 0 Å². The van der Waals surface area contributed by atoms with Gasteiger partial charge in [0.15, 0.2) is 0 Å². The molecule has 1 aliphatic heterocycles. The van der Waals surface area contributed by atoms with Crippen LogP contribution in [0, 0.1) is 12.8 Å². The molecule has 33 heavy (non-hydrogen) atoms. The van der Waals surface area contributed by atoms with Crippen molar-refractivity contribution in [3.05, 3.63) is 62.4 Å². The van der Waals surface area contributed by atoms with E-state index >= 15 is 0 Å². The maximum Gasteiger partial charge on any atom is 0.416 e. The molecule has 0 bridgehead atoms. The predicted octanol–water partition coefficient (Wildman–Crippen LogP) is 6.67. The zero-order chi connectivity index (χ0) is 24.1. The second-order valence-corrected chi connectivity index (χ2v) is 9.46. The van der Waals surface area contributed by atoms with Gasteiger partial charge in [0.2, 0.25) is 0 Å². The molecule has 0 spiro atoms. The minimum Gasteiger partial charge on any atom is -0.338 e. The summed E-state index contributed by atoms with van der Waals surface area (Å²) >= 11 is 13.1. The number of hydrogen-bond acceptors (Lipinski definition) is 2. The first-order chi connectivity index (χ1) is 15.5. The number of imidazole rings is 1. The average Bonchev–Trinajstić information content (AvgIpc) is 3.03. The van der Waals surface area contributed by atoms with Crippen LogP contribution in [-0.4, -0.2) is 33.4 Å². The first-order valence-corrected chi connectivity index (χ1v) is 11.6. The highest BCUT2D eigenvalue weighted by Crippen LogP contribution is 2.35. The third-order valence-corrected chi connectivity index (χ3v) is 7.08. The monoisotopic (exact) mass is 497 g/mol. The van der Waals surface area contributed by atoms with E-state index in [0.717, 1.165) is 25.0 Å². The summed E-state index contributed by atoms with van der Waals surface area (Å²) in [4.78, 5) is 19.3. The van der Waals surface area contributed by atoms with Crippen LogP contribution < -0.4 is 0 Å². The summed E-state index contributed by atoms with van der Waals surface area (Å²) in [7, 11) is 1.66. The number of likely N-dealkylation sites (tertiary alicyclic amines) is 1. The molecule has 4 rings (SSSR count). The smallest absolute Gasteiger partial charge is 0.338 e. The fourth-order valence-electron chi connectivity index (χ4n) is 4.41. The molecule has 1 fully saturated rings. The van der Waals surface area contributed by atoms with Gasteiger partial charge in [0.1, 0.15) is 5.82 Å². The standard InChI is InChI=1S/C24H24Cl2F3N3O/c1-4-5-14-11-32(12-14)23(33)16-6-7-18(25)17(21(16)26)10-20-30-22-13(2)8-15(24(27,28)29)9-19(22)31(20)3/h6-9,14H,4-5,10-12H2,1-3H3. The summed E-state index contributed by atoms with van der Waals surface area (Å²) in [5.74, 6) is 0.892. The van der Waals surface area contributed by atoms with Gasteiger partial charge >= 0.3 is 6.18 Å². The molecule has 0 atom stereocenters. The molecule has 0 unspecified atom stereocenters. The highest BCUT2D eigenvalue weighted by Gasteiger charge is 2.33. The molecular weight excluding hydrogens is 474 g/mol. The number of amides is 1. The Kier molecular flexibility index (Phi) is 6.40. The highest BCUT2D eigenvalue weighted by atomic mass is 35.5. The van der Waals surface area contributed by atoms with Crippen molar-refractivity contribution in [2.75, 3.05) is 13.1 Å². The zero-order valence-corrected chi connectivity index (χ0v) is 20.1. The van der Waals surface area contributed by atoms with E-state index in [1.54, 1.807) is 35.6 Å². The Bertz CT molecular complexity index is 1230. The zero-order valence-electron chi connectivity index (χ0n) is 18.6. The fraction of sp³-hybridized carbons (Fsp3) is 0.417. The SMILES string of the molecule is CCCC1CN(C(=O)c2ccc(Cl)c(Cc3nc4c(C)cc(C(F)(F)F)cc4n3C)c2Cl)C1. The number of aromatic nitrogens is 2. The maximum absolute atomic E-state index is 13.3. The molecule has 3 aromatic rings. The molecule has 9 heteroatoms. The van der Waals surface area contributed by atoms with E-state index in [0.29, 0.717) is 57.6 Å². The van der Waals surface area contributed by atoms with Crippen LogP contribution in [0.5, 0.6) is 0 Å². The molecule has 1 saturated heterocycles. The summed E-state index contributed by atoms with van der Waals surface area (Å²) in [5.41, 5.74) is 1.48. The molecule has 2 aromatic carbocycles. The van der Waals surface area contributed by atoms with E-state index in [4.69, 9.17) is 23.2 Å². The van der Waals surface area contributed by atoms with Gasteiger partial charge in [-0.2, -0.15) is 13.2 Å². The number of halogens is 5. The summed E-state index contributed by atoms with van der Waals surface area (Å²) < 4.78 is 41.4. The van der Waals surface area contributed by atoms with E-state index in [9.17, 15) is 18.0 Å². The highest BCUT2D eigenvalue weighted by molar-refractivity contribution is 6.38. The van der Waals surface area contributed by atoms with Crippen LogP contribution in [0.2, 0.25) is 10.0 Å². The van der Waals surface area contributed by atoms with E-state index < -0.39 is 11.7 Å². The molecule has 1 aliphatic rings. The summed E-state index contributed by atoms with van der Waals surface area (Å²) in [6.45, 7) is 5.16. The van der Waals surface area contributed by atoms with Crippen molar-refractivity contribution in [1.29, 1.82) is 0 Å². The van der Waals surface area contributed by atoms with Gasteiger partial charge in [-0.05, 0) is 54.7 Å². The number of hydrogen-bond donors (Lipinski definition) is 0. The minimum absolute atomic E-state index is 0.138. The van der Waals surface area contributed by atoms with Gasteiger partial charge in [-0.15, -0.1) is 0 Å². The Hall–Kier alpha value is -2.25. The molecule has 0 saturated carbocycles. The summed E-state index contributed by atoms with van der Waals surface area (Å²) in [6.07, 6.45) is -2.09. The number of carbonyl (C=O) groups excluding carboxylic acids is 1. The van der Waals surface area contributed by atoms with Crippen LogP contribution in [0.15, 0.2) is 24.3 Å². The van der Waals surface area contributed by atoms with Crippen molar-refractivity contribution in [3.8, 4) is 0 Å². The molecular formula is C24H24Cl2F3N3O. The first kappa shape index (κ1) is 23.9. The van der Waals surface area contributed by atoms with Crippen molar-refractivity contribution in [2.45, 2.75) is 39.3 Å². The van der Waals surface area contributed by atoms with Gasteiger partial charge in [0.25, 0.3) is 5.91 Å². The van der Waals surface area contributed by atoms with Gasteiger partial charge in [-0.3, -0.25) is 4.79 Å². The van der Waals surface area contributed by atoms with Crippen LogP contribution in [-0.2, 0) is 19.6 Å². The van der Waals surface area contributed by atoms with Gasteiger partial charge in [-0.25, -0.2) is 4.98 Å². The van der Waals surface area contributed by atoms with Crippen molar-refractivity contribution in [2.24, 2.45) is 13.0 Å². The number of aryl methyl sites for hydroxylation is 2. The Morgan fingerprint density at radius 2 is 1.91 bits per heavy atom. The number of rotatable bonds is 5. The molecule has 4 nitrogen and oxygen atoms in total.